The third-order valence-corrected chi connectivity index (χ3v) is 3.31. The highest BCUT2D eigenvalue weighted by atomic mass is 16.6. The van der Waals surface area contributed by atoms with E-state index in [1.165, 1.54) is 0 Å². The predicted molar refractivity (Wildman–Crippen MR) is 56.8 cm³/mol. The molecule has 0 radical (unpaired) electrons. The van der Waals surface area contributed by atoms with Crippen molar-refractivity contribution < 1.29 is 9.47 Å². The third kappa shape index (κ3) is 0.869. The first-order chi connectivity index (χ1) is 7.84. The van der Waals surface area contributed by atoms with Gasteiger partial charge >= 0.3 is 5.69 Å². The number of nitrogens with zero attached hydrogens (tertiary/aromatic N) is 1. The average molecular weight is 218 g/mol. The minimum Gasteiger partial charge on any atom is -0.483 e. The summed E-state index contributed by atoms with van der Waals surface area (Å²) in [5.41, 5.74) is 1.61. The van der Waals surface area contributed by atoms with Gasteiger partial charge in [-0.25, -0.2) is 4.79 Å². The van der Waals surface area contributed by atoms with Crippen LogP contribution in [0.15, 0.2) is 23.0 Å². The lowest BCUT2D eigenvalue weighted by Gasteiger charge is -2.26. The molecule has 1 aromatic heterocycles. The molecule has 2 aromatic rings. The van der Waals surface area contributed by atoms with E-state index in [1.807, 2.05) is 18.2 Å². The van der Waals surface area contributed by atoms with E-state index in [0.717, 1.165) is 16.8 Å². The SMILES string of the molecule is O=c1[nH]c2cccc3c2n1[C@H]1COCC1O3. The maximum absolute atomic E-state index is 11.9. The van der Waals surface area contributed by atoms with Crippen molar-refractivity contribution in [1.29, 1.82) is 0 Å². The van der Waals surface area contributed by atoms with Crippen molar-refractivity contribution in [3.8, 4) is 5.75 Å². The Labute approximate surface area is 90.6 Å². The smallest absolute Gasteiger partial charge is 0.327 e. The minimum absolute atomic E-state index is 0.0103. The number of imidazole rings is 1. The molecule has 0 spiro atoms. The molecule has 0 saturated carbocycles. The van der Waals surface area contributed by atoms with Gasteiger partial charge in [-0.05, 0) is 12.1 Å². The Bertz CT molecular complexity index is 628. The van der Waals surface area contributed by atoms with Gasteiger partial charge in [-0.3, -0.25) is 4.57 Å². The molecular weight excluding hydrogens is 208 g/mol. The highest BCUT2D eigenvalue weighted by Gasteiger charge is 2.38. The van der Waals surface area contributed by atoms with Crippen molar-refractivity contribution in [2.75, 3.05) is 13.2 Å². The summed E-state index contributed by atoms with van der Waals surface area (Å²) >= 11 is 0. The fourth-order valence-corrected chi connectivity index (χ4v) is 2.60. The van der Waals surface area contributed by atoms with E-state index in [2.05, 4.69) is 4.98 Å². The van der Waals surface area contributed by atoms with Gasteiger partial charge in [0.1, 0.15) is 23.4 Å². The molecule has 1 fully saturated rings. The molecule has 1 aromatic carbocycles. The fourth-order valence-electron chi connectivity index (χ4n) is 2.60. The lowest BCUT2D eigenvalue weighted by atomic mass is 10.1. The molecule has 4 rings (SSSR count). The van der Waals surface area contributed by atoms with Crippen LogP contribution in [-0.2, 0) is 4.74 Å². The summed E-state index contributed by atoms with van der Waals surface area (Å²) in [6, 6.07) is 5.67. The molecular formula is C11H10N2O3. The van der Waals surface area contributed by atoms with Crippen molar-refractivity contribution in [1.82, 2.24) is 9.55 Å². The first-order valence-electron chi connectivity index (χ1n) is 5.32. The van der Waals surface area contributed by atoms with E-state index in [0.29, 0.717) is 13.2 Å². The Morgan fingerprint density at radius 1 is 1.38 bits per heavy atom. The van der Waals surface area contributed by atoms with Gasteiger partial charge in [-0.1, -0.05) is 6.07 Å². The van der Waals surface area contributed by atoms with Gasteiger partial charge in [-0.2, -0.15) is 0 Å². The first kappa shape index (κ1) is 8.41. The second kappa shape index (κ2) is 2.68. The summed E-state index contributed by atoms with van der Waals surface area (Å²) < 4.78 is 13.0. The van der Waals surface area contributed by atoms with Crippen LogP contribution in [0.2, 0.25) is 0 Å². The van der Waals surface area contributed by atoms with Crippen molar-refractivity contribution in [3.05, 3.63) is 28.7 Å². The molecule has 2 aliphatic rings. The summed E-state index contributed by atoms with van der Waals surface area (Å²) in [4.78, 5) is 14.7. The van der Waals surface area contributed by atoms with Crippen molar-refractivity contribution in [3.63, 3.8) is 0 Å². The van der Waals surface area contributed by atoms with E-state index in [-0.39, 0.29) is 17.8 Å². The lowest BCUT2D eigenvalue weighted by Crippen LogP contribution is -2.36. The quantitative estimate of drug-likeness (QED) is 0.706. The third-order valence-electron chi connectivity index (χ3n) is 3.31. The number of nitrogens with one attached hydrogen (secondary N) is 1. The van der Waals surface area contributed by atoms with Crippen LogP contribution in [0.25, 0.3) is 11.0 Å². The Morgan fingerprint density at radius 2 is 2.31 bits per heavy atom. The number of ether oxygens (including phenoxy) is 2. The standard InChI is InChI=1S/C11H10N2O3/c14-11-12-6-2-1-3-8-10(6)13(11)7-4-15-5-9(7)16-8/h1-3,7,9H,4-5H2,(H,12,14)/t7-,9?/m0/s1. The molecule has 5 nitrogen and oxygen atoms in total. The van der Waals surface area contributed by atoms with Crippen molar-refractivity contribution in [2.45, 2.75) is 12.1 Å². The summed E-state index contributed by atoms with van der Waals surface area (Å²) in [5, 5.41) is 0. The van der Waals surface area contributed by atoms with Crippen LogP contribution in [0.1, 0.15) is 6.04 Å². The Hall–Kier alpha value is -1.75. The van der Waals surface area contributed by atoms with E-state index in [1.54, 1.807) is 4.57 Å². The molecule has 5 heteroatoms. The molecule has 3 heterocycles. The molecule has 0 amide bonds. The summed E-state index contributed by atoms with van der Waals surface area (Å²) in [6.07, 6.45) is -0.0356. The summed E-state index contributed by atoms with van der Waals surface area (Å²) in [7, 11) is 0. The van der Waals surface area contributed by atoms with Gasteiger partial charge in [0.2, 0.25) is 0 Å². The van der Waals surface area contributed by atoms with Crippen LogP contribution in [0.3, 0.4) is 0 Å². The number of aromatic amines is 1. The monoisotopic (exact) mass is 218 g/mol. The number of H-pyrrole nitrogens is 1. The Balaban J connectivity index is 2.13. The first-order valence-corrected chi connectivity index (χ1v) is 5.32. The number of rotatable bonds is 0. The zero-order valence-corrected chi connectivity index (χ0v) is 8.47. The van der Waals surface area contributed by atoms with Gasteiger partial charge in [0.15, 0.2) is 0 Å². The van der Waals surface area contributed by atoms with E-state index in [4.69, 9.17) is 9.47 Å². The fraction of sp³-hybridized carbons (Fsp3) is 0.364. The van der Waals surface area contributed by atoms with Gasteiger partial charge in [0.05, 0.1) is 18.7 Å². The molecule has 82 valence electrons. The molecule has 16 heavy (non-hydrogen) atoms. The molecule has 1 N–H and O–H groups in total. The molecule has 2 aliphatic heterocycles. The second-order valence-electron chi connectivity index (χ2n) is 4.21. The molecule has 1 unspecified atom stereocenters. The number of para-hydroxylation sites is 1. The van der Waals surface area contributed by atoms with Gasteiger partial charge in [-0.15, -0.1) is 0 Å². The largest absolute Gasteiger partial charge is 0.483 e. The number of benzene rings is 1. The van der Waals surface area contributed by atoms with Crippen LogP contribution in [0.5, 0.6) is 5.75 Å². The van der Waals surface area contributed by atoms with Gasteiger partial charge in [0.25, 0.3) is 0 Å². The number of aromatic nitrogens is 2. The minimum atomic E-state index is -0.0775. The van der Waals surface area contributed by atoms with Crippen molar-refractivity contribution in [2.24, 2.45) is 0 Å². The zero-order chi connectivity index (χ0) is 10.7. The average Bonchev–Trinajstić information content (AvgIpc) is 2.84. The maximum Gasteiger partial charge on any atom is 0.327 e. The zero-order valence-electron chi connectivity index (χ0n) is 8.47. The molecule has 1 saturated heterocycles. The molecule has 2 atom stereocenters. The predicted octanol–water partition coefficient (Wildman–Crippen LogP) is 0.662. The highest BCUT2D eigenvalue weighted by molar-refractivity contribution is 5.82. The van der Waals surface area contributed by atoms with Crippen LogP contribution in [0, 0.1) is 0 Å². The van der Waals surface area contributed by atoms with Gasteiger partial charge < -0.3 is 14.5 Å². The Morgan fingerprint density at radius 3 is 3.25 bits per heavy atom. The van der Waals surface area contributed by atoms with Crippen LogP contribution >= 0.6 is 0 Å². The van der Waals surface area contributed by atoms with E-state index in [9.17, 15) is 4.79 Å². The van der Waals surface area contributed by atoms with E-state index >= 15 is 0 Å². The van der Waals surface area contributed by atoms with Crippen LogP contribution in [0.4, 0.5) is 0 Å². The van der Waals surface area contributed by atoms with Crippen molar-refractivity contribution >= 4 is 11.0 Å². The number of hydrogen-bond acceptors (Lipinski definition) is 3. The normalized spacial score (nSPS) is 26.8. The summed E-state index contributed by atoms with van der Waals surface area (Å²) in [5.74, 6) is 0.766. The second-order valence-corrected chi connectivity index (χ2v) is 4.21. The summed E-state index contributed by atoms with van der Waals surface area (Å²) in [6.45, 7) is 1.10. The number of fused-ring (bicyclic) bond motifs is 2. The highest BCUT2D eigenvalue weighted by Crippen LogP contribution is 2.36. The maximum atomic E-state index is 11.9. The molecule has 0 bridgehead atoms. The van der Waals surface area contributed by atoms with Gasteiger partial charge in [0, 0.05) is 0 Å². The van der Waals surface area contributed by atoms with Crippen LogP contribution in [-0.4, -0.2) is 28.9 Å². The Kier molecular flexibility index (Phi) is 1.41. The van der Waals surface area contributed by atoms with Crippen LogP contribution < -0.4 is 10.4 Å². The van der Waals surface area contributed by atoms with E-state index < -0.39 is 0 Å². The lowest BCUT2D eigenvalue weighted by molar-refractivity contribution is 0.134. The topological polar surface area (TPSA) is 56.2 Å². The number of hydrogen-bond donors (Lipinski definition) is 1. The molecule has 0 aliphatic carbocycles.